The van der Waals surface area contributed by atoms with Crippen molar-refractivity contribution in [1.29, 1.82) is 0 Å². The molecule has 0 aliphatic carbocycles. The Morgan fingerprint density at radius 1 is 1.04 bits per heavy atom. The van der Waals surface area contributed by atoms with Crippen LogP contribution in [-0.2, 0) is 14.3 Å². The molecule has 0 spiro atoms. The number of hydrogen-bond donors (Lipinski definition) is 0. The molecule has 2 amide bonds. The van der Waals surface area contributed by atoms with Gasteiger partial charge >= 0.3 is 0 Å². The van der Waals surface area contributed by atoms with Gasteiger partial charge in [0.1, 0.15) is 0 Å². The number of imide groups is 1. The highest BCUT2D eigenvalue weighted by atomic mass is 32.2. The molecular formula is C22H31NO3S. The predicted octanol–water partition coefficient (Wildman–Crippen LogP) is 4.73. The molecular weight excluding hydrogens is 358 g/mol. The van der Waals surface area contributed by atoms with Crippen molar-refractivity contribution < 1.29 is 14.3 Å². The summed E-state index contributed by atoms with van der Waals surface area (Å²) < 4.78 is 5.57. The lowest BCUT2D eigenvalue weighted by atomic mass is 10.0. The van der Waals surface area contributed by atoms with Crippen molar-refractivity contribution in [1.82, 2.24) is 4.90 Å². The Morgan fingerprint density at radius 2 is 1.74 bits per heavy atom. The molecule has 1 aliphatic rings. The number of thioether (sulfide) groups is 1. The fourth-order valence-corrected chi connectivity index (χ4v) is 3.93. The molecule has 0 atom stereocenters. The number of nitrogens with zero attached hydrogens (tertiary/aromatic N) is 1. The van der Waals surface area contributed by atoms with Crippen LogP contribution in [0.15, 0.2) is 23.1 Å². The quantitative estimate of drug-likeness (QED) is 0.429. The van der Waals surface area contributed by atoms with E-state index in [1.54, 1.807) is 0 Å². The summed E-state index contributed by atoms with van der Waals surface area (Å²) in [7, 11) is 0. The second kappa shape index (κ2) is 10.1. The van der Waals surface area contributed by atoms with Gasteiger partial charge < -0.3 is 4.74 Å². The first kappa shape index (κ1) is 21.7. The fraction of sp³-hybridized carbons (Fsp3) is 0.545. The van der Waals surface area contributed by atoms with Crippen molar-refractivity contribution in [2.24, 2.45) is 0 Å². The number of carbonyl (C=O) groups excluding carboxylic acids is 2. The van der Waals surface area contributed by atoms with Gasteiger partial charge in [0.25, 0.3) is 11.8 Å². The van der Waals surface area contributed by atoms with E-state index in [0.717, 1.165) is 30.6 Å². The van der Waals surface area contributed by atoms with E-state index in [0.29, 0.717) is 30.1 Å². The summed E-state index contributed by atoms with van der Waals surface area (Å²) in [5, 5.41) is 0.232. The zero-order valence-electron chi connectivity index (χ0n) is 17.1. The molecule has 0 radical (unpaired) electrons. The molecule has 2 rings (SSSR count). The first-order chi connectivity index (χ1) is 12.9. The molecule has 1 aromatic rings. The monoisotopic (exact) mass is 389 g/mol. The molecule has 0 unspecified atom stereocenters. The molecule has 4 nitrogen and oxygen atoms in total. The van der Waals surface area contributed by atoms with E-state index in [-0.39, 0.29) is 17.1 Å². The number of hydrogen-bond acceptors (Lipinski definition) is 4. The van der Waals surface area contributed by atoms with Crippen LogP contribution in [0.3, 0.4) is 0 Å². The van der Waals surface area contributed by atoms with Crippen molar-refractivity contribution in [3.8, 4) is 0 Å². The Kier molecular flexibility index (Phi) is 8.11. The fourth-order valence-electron chi connectivity index (χ4n) is 2.93. The van der Waals surface area contributed by atoms with E-state index in [2.05, 4.69) is 6.92 Å². The van der Waals surface area contributed by atoms with E-state index in [4.69, 9.17) is 4.74 Å². The summed E-state index contributed by atoms with van der Waals surface area (Å²) in [6.07, 6.45) is 2.80. The van der Waals surface area contributed by atoms with E-state index in [9.17, 15) is 9.59 Å². The van der Waals surface area contributed by atoms with Gasteiger partial charge in [-0.05, 0) is 43.4 Å². The molecule has 0 aromatic heterocycles. The summed E-state index contributed by atoms with van der Waals surface area (Å²) in [6.45, 7) is 12.0. The van der Waals surface area contributed by atoms with Gasteiger partial charge in [0.2, 0.25) is 0 Å². The number of ether oxygens (including phenoxy) is 1. The average molecular weight is 390 g/mol. The van der Waals surface area contributed by atoms with Crippen LogP contribution in [0.5, 0.6) is 0 Å². The molecule has 0 fully saturated rings. The zero-order valence-corrected chi connectivity index (χ0v) is 17.9. The van der Waals surface area contributed by atoms with Crippen LogP contribution in [0, 0.1) is 13.8 Å². The average Bonchev–Trinajstić information content (AvgIpc) is 2.84. The number of aryl methyl sites for hydroxylation is 2. The first-order valence-corrected chi connectivity index (χ1v) is 10.7. The molecule has 148 valence electrons. The molecule has 1 aliphatic heterocycles. The van der Waals surface area contributed by atoms with Crippen LogP contribution >= 0.6 is 11.8 Å². The minimum absolute atomic E-state index is 0.166. The minimum Gasteiger partial charge on any atom is -0.381 e. The smallest absolute Gasteiger partial charge is 0.267 e. The number of benzene rings is 1. The molecule has 5 heteroatoms. The summed E-state index contributed by atoms with van der Waals surface area (Å²) in [5.41, 5.74) is 3.68. The zero-order chi connectivity index (χ0) is 20.0. The molecule has 0 saturated carbocycles. The maximum absolute atomic E-state index is 13.1. The van der Waals surface area contributed by atoms with Crippen molar-refractivity contribution in [3.05, 3.63) is 39.8 Å². The van der Waals surface area contributed by atoms with E-state index in [1.807, 2.05) is 45.9 Å². The number of carbonyl (C=O) groups is 2. The molecule has 0 N–H and O–H groups in total. The Labute approximate surface area is 167 Å². The second-order valence-electron chi connectivity index (χ2n) is 7.25. The van der Waals surface area contributed by atoms with Crippen LogP contribution in [-0.4, -0.2) is 41.7 Å². The third kappa shape index (κ3) is 5.45. The molecule has 1 aromatic carbocycles. The van der Waals surface area contributed by atoms with Crippen LogP contribution < -0.4 is 0 Å². The maximum atomic E-state index is 13.1. The van der Waals surface area contributed by atoms with Gasteiger partial charge in [-0.25, -0.2) is 0 Å². The lowest BCUT2D eigenvalue weighted by molar-refractivity contribution is -0.136. The van der Waals surface area contributed by atoms with Crippen LogP contribution in [0.4, 0.5) is 0 Å². The van der Waals surface area contributed by atoms with E-state index >= 15 is 0 Å². The summed E-state index contributed by atoms with van der Waals surface area (Å²) in [4.78, 5) is 28.0. The lowest BCUT2D eigenvalue weighted by Crippen LogP contribution is -2.33. The largest absolute Gasteiger partial charge is 0.381 e. The summed E-state index contributed by atoms with van der Waals surface area (Å²) in [6, 6.07) is 5.96. The second-order valence-corrected chi connectivity index (χ2v) is 8.84. The van der Waals surface area contributed by atoms with Gasteiger partial charge in [0, 0.05) is 25.0 Å². The highest BCUT2D eigenvalue weighted by Gasteiger charge is 2.39. The summed E-state index contributed by atoms with van der Waals surface area (Å²) >= 11 is 1.48. The predicted molar refractivity (Wildman–Crippen MR) is 113 cm³/mol. The minimum atomic E-state index is -0.181. The molecule has 27 heavy (non-hydrogen) atoms. The van der Waals surface area contributed by atoms with E-state index in [1.165, 1.54) is 22.2 Å². The number of amides is 2. The molecule has 1 heterocycles. The highest BCUT2D eigenvalue weighted by Crippen LogP contribution is 2.38. The Morgan fingerprint density at radius 3 is 2.37 bits per heavy atom. The lowest BCUT2D eigenvalue weighted by Gasteiger charge is -2.15. The van der Waals surface area contributed by atoms with Crippen LogP contribution in [0.2, 0.25) is 0 Å². The third-order valence-electron chi connectivity index (χ3n) is 4.59. The SMILES string of the molecule is CCCCOCCCN1C(=O)C(SC(C)C)=C(c2ccc(C)c(C)c2)C1=O. The molecule has 0 bridgehead atoms. The standard InChI is InChI=1S/C22H31NO3S/c1-6-7-12-26-13-8-11-23-21(24)19(20(22(23)25)27-15(2)3)18-10-9-16(4)17(5)14-18/h9-10,14-15H,6-8,11-13H2,1-5H3. The van der Waals surface area contributed by atoms with Gasteiger partial charge in [-0.2, -0.15) is 0 Å². The van der Waals surface area contributed by atoms with Crippen molar-refractivity contribution in [2.45, 2.75) is 59.1 Å². The Balaban J connectivity index is 2.18. The van der Waals surface area contributed by atoms with Crippen molar-refractivity contribution >= 4 is 29.1 Å². The van der Waals surface area contributed by atoms with Gasteiger partial charge in [-0.1, -0.05) is 45.4 Å². The molecule has 0 saturated heterocycles. The number of rotatable bonds is 10. The van der Waals surface area contributed by atoms with Gasteiger partial charge in [0.15, 0.2) is 0 Å². The van der Waals surface area contributed by atoms with Crippen LogP contribution in [0.25, 0.3) is 5.57 Å². The normalized spacial score (nSPS) is 14.8. The first-order valence-electron chi connectivity index (χ1n) is 9.79. The van der Waals surface area contributed by atoms with Gasteiger partial charge in [-0.3, -0.25) is 14.5 Å². The third-order valence-corrected chi connectivity index (χ3v) is 5.67. The number of unbranched alkanes of at least 4 members (excludes halogenated alkanes) is 1. The van der Waals surface area contributed by atoms with Gasteiger partial charge in [0.05, 0.1) is 10.5 Å². The maximum Gasteiger partial charge on any atom is 0.267 e. The topological polar surface area (TPSA) is 46.6 Å². The van der Waals surface area contributed by atoms with Crippen LogP contribution in [0.1, 0.15) is 56.7 Å². The van der Waals surface area contributed by atoms with Crippen molar-refractivity contribution in [2.75, 3.05) is 19.8 Å². The Bertz CT molecular complexity index is 724. The van der Waals surface area contributed by atoms with Gasteiger partial charge in [-0.15, -0.1) is 11.8 Å². The van der Waals surface area contributed by atoms with E-state index < -0.39 is 0 Å². The van der Waals surface area contributed by atoms with Crippen molar-refractivity contribution in [3.63, 3.8) is 0 Å². The highest BCUT2D eigenvalue weighted by molar-refractivity contribution is 8.04. The Hall–Kier alpha value is -1.59. The summed E-state index contributed by atoms with van der Waals surface area (Å²) in [5.74, 6) is -0.347.